The van der Waals surface area contributed by atoms with Gasteiger partial charge in [0.25, 0.3) is 0 Å². The van der Waals surface area contributed by atoms with Crippen molar-refractivity contribution >= 4 is 13.4 Å². The molecular weight excluding hydrogens is 133 g/mol. The van der Waals surface area contributed by atoms with E-state index in [0.717, 1.165) is 5.59 Å². The number of aromatic nitrogens is 1. The van der Waals surface area contributed by atoms with Gasteiger partial charge < -0.3 is 0 Å². The maximum Gasteiger partial charge on any atom is 0.164 e. The van der Waals surface area contributed by atoms with Crippen molar-refractivity contribution in [2.45, 2.75) is 26.7 Å². The van der Waals surface area contributed by atoms with Gasteiger partial charge in [0, 0.05) is 6.20 Å². The SMILES string of the molecule is Bc1nccc(C(C)C)c1C. The summed E-state index contributed by atoms with van der Waals surface area (Å²) in [6.07, 6.45) is 1.89. The predicted octanol–water partition coefficient (Wildman–Crippen LogP) is 0.772. The molecule has 1 heterocycles. The molecular formula is C9H14BN. The molecule has 0 saturated heterocycles. The summed E-state index contributed by atoms with van der Waals surface area (Å²) in [5.41, 5.74) is 3.90. The summed E-state index contributed by atoms with van der Waals surface area (Å²) < 4.78 is 0. The van der Waals surface area contributed by atoms with Gasteiger partial charge in [-0.3, -0.25) is 4.98 Å². The van der Waals surface area contributed by atoms with Crippen molar-refractivity contribution in [3.8, 4) is 0 Å². The maximum absolute atomic E-state index is 4.22. The van der Waals surface area contributed by atoms with Crippen LogP contribution in [-0.2, 0) is 0 Å². The van der Waals surface area contributed by atoms with Gasteiger partial charge >= 0.3 is 0 Å². The smallest absolute Gasteiger partial charge is 0.164 e. The molecule has 58 valence electrons. The van der Waals surface area contributed by atoms with Gasteiger partial charge in [0.15, 0.2) is 7.85 Å². The highest BCUT2D eigenvalue weighted by Gasteiger charge is 2.03. The lowest BCUT2D eigenvalue weighted by Crippen LogP contribution is -2.14. The first-order valence-electron chi connectivity index (χ1n) is 4.05. The molecule has 1 aromatic heterocycles. The molecule has 0 aliphatic carbocycles. The molecule has 0 unspecified atom stereocenters. The molecule has 0 aliphatic heterocycles. The van der Waals surface area contributed by atoms with E-state index in [9.17, 15) is 0 Å². The zero-order valence-electron chi connectivity index (χ0n) is 7.68. The van der Waals surface area contributed by atoms with Crippen molar-refractivity contribution < 1.29 is 0 Å². The van der Waals surface area contributed by atoms with Crippen LogP contribution in [0.25, 0.3) is 0 Å². The second-order valence-electron chi connectivity index (χ2n) is 3.27. The monoisotopic (exact) mass is 147 g/mol. The summed E-state index contributed by atoms with van der Waals surface area (Å²) in [5, 5.41) is 0. The van der Waals surface area contributed by atoms with Crippen LogP contribution in [-0.4, -0.2) is 12.8 Å². The minimum absolute atomic E-state index is 0.608. The third-order valence-corrected chi connectivity index (χ3v) is 2.12. The zero-order valence-corrected chi connectivity index (χ0v) is 7.68. The van der Waals surface area contributed by atoms with Crippen LogP contribution in [0.1, 0.15) is 30.9 Å². The first-order chi connectivity index (χ1) is 5.13. The lowest BCUT2D eigenvalue weighted by molar-refractivity contribution is 0.855. The molecule has 11 heavy (non-hydrogen) atoms. The van der Waals surface area contributed by atoms with Gasteiger partial charge in [0.2, 0.25) is 0 Å². The van der Waals surface area contributed by atoms with Gasteiger partial charge in [-0.25, -0.2) is 0 Å². The highest BCUT2D eigenvalue weighted by atomic mass is 14.6. The van der Waals surface area contributed by atoms with Gasteiger partial charge in [-0.15, -0.1) is 0 Å². The Hall–Kier alpha value is -0.785. The number of rotatable bonds is 1. The summed E-state index contributed by atoms with van der Waals surface area (Å²) in [5.74, 6) is 0.608. The highest BCUT2D eigenvalue weighted by Crippen LogP contribution is 2.15. The Balaban J connectivity index is 3.17. The van der Waals surface area contributed by atoms with Gasteiger partial charge in [-0.2, -0.15) is 0 Å². The summed E-state index contributed by atoms with van der Waals surface area (Å²) in [7, 11) is 2.06. The lowest BCUT2D eigenvalue weighted by Gasteiger charge is -2.10. The molecule has 1 aromatic rings. The van der Waals surface area contributed by atoms with Crippen LogP contribution in [0.15, 0.2) is 12.3 Å². The van der Waals surface area contributed by atoms with Gasteiger partial charge in [-0.05, 0) is 35.6 Å². The van der Waals surface area contributed by atoms with E-state index in [1.165, 1.54) is 11.1 Å². The molecule has 0 saturated carbocycles. The van der Waals surface area contributed by atoms with Crippen molar-refractivity contribution in [1.82, 2.24) is 4.98 Å². The summed E-state index contributed by atoms with van der Waals surface area (Å²) in [6, 6.07) is 2.10. The van der Waals surface area contributed by atoms with Crippen LogP contribution in [0.2, 0.25) is 0 Å². The number of nitrogens with zero attached hydrogens (tertiary/aromatic N) is 1. The Morgan fingerprint density at radius 2 is 2.09 bits per heavy atom. The third kappa shape index (κ3) is 1.62. The number of pyridine rings is 1. The minimum atomic E-state index is 0.608. The third-order valence-electron chi connectivity index (χ3n) is 2.12. The minimum Gasteiger partial charge on any atom is -0.272 e. The Labute approximate surface area is 69.3 Å². The highest BCUT2D eigenvalue weighted by molar-refractivity contribution is 6.31. The average molecular weight is 147 g/mol. The fraction of sp³-hybridized carbons (Fsp3) is 0.444. The van der Waals surface area contributed by atoms with E-state index in [1.54, 1.807) is 0 Å². The van der Waals surface area contributed by atoms with Crippen molar-refractivity contribution in [3.05, 3.63) is 23.4 Å². The Morgan fingerprint density at radius 3 is 2.55 bits per heavy atom. The lowest BCUT2D eigenvalue weighted by atomic mass is 9.90. The number of hydrogen-bond donors (Lipinski definition) is 0. The van der Waals surface area contributed by atoms with Crippen LogP contribution in [0.4, 0.5) is 0 Å². The first kappa shape index (κ1) is 8.31. The fourth-order valence-corrected chi connectivity index (χ4v) is 1.29. The summed E-state index contributed by atoms with van der Waals surface area (Å²) in [6.45, 7) is 6.56. The topological polar surface area (TPSA) is 12.9 Å². The van der Waals surface area contributed by atoms with Crippen molar-refractivity contribution in [3.63, 3.8) is 0 Å². The molecule has 0 N–H and O–H groups in total. The fourth-order valence-electron chi connectivity index (χ4n) is 1.29. The normalized spacial score (nSPS) is 10.5. The quantitative estimate of drug-likeness (QED) is 0.534. The molecule has 0 spiro atoms. The molecule has 1 rings (SSSR count). The Bertz CT molecular complexity index is 256. The molecule has 0 fully saturated rings. The Morgan fingerprint density at radius 1 is 1.45 bits per heavy atom. The van der Waals surface area contributed by atoms with Crippen molar-refractivity contribution in [2.75, 3.05) is 0 Å². The largest absolute Gasteiger partial charge is 0.272 e. The van der Waals surface area contributed by atoms with Crippen LogP contribution in [0.5, 0.6) is 0 Å². The molecule has 0 bridgehead atoms. The van der Waals surface area contributed by atoms with Crippen LogP contribution in [0.3, 0.4) is 0 Å². The van der Waals surface area contributed by atoms with Crippen LogP contribution >= 0.6 is 0 Å². The van der Waals surface area contributed by atoms with Crippen LogP contribution < -0.4 is 5.59 Å². The molecule has 0 amide bonds. The average Bonchev–Trinajstić information content (AvgIpc) is 1.94. The molecule has 1 nitrogen and oxygen atoms in total. The zero-order chi connectivity index (χ0) is 8.43. The van der Waals surface area contributed by atoms with E-state index in [-0.39, 0.29) is 0 Å². The predicted molar refractivity (Wildman–Crippen MR) is 51.2 cm³/mol. The van der Waals surface area contributed by atoms with E-state index in [0.29, 0.717) is 5.92 Å². The van der Waals surface area contributed by atoms with Gasteiger partial charge in [0.1, 0.15) is 0 Å². The molecule has 0 aromatic carbocycles. The summed E-state index contributed by atoms with van der Waals surface area (Å²) in [4.78, 5) is 4.22. The van der Waals surface area contributed by atoms with E-state index in [2.05, 4.69) is 39.7 Å². The van der Waals surface area contributed by atoms with Gasteiger partial charge in [0.05, 0.1) is 0 Å². The molecule has 0 aliphatic rings. The van der Waals surface area contributed by atoms with E-state index < -0.39 is 0 Å². The molecule has 0 atom stereocenters. The van der Waals surface area contributed by atoms with E-state index in [1.807, 2.05) is 6.20 Å². The van der Waals surface area contributed by atoms with Crippen molar-refractivity contribution in [1.29, 1.82) is 0 Å². The summed E-state index contributed by atoms with van der Waals surface area (Å²) >= 11 is 0. The molecule has 2 heteroatoms. The van der Waals surface area contributed by atoms with Crippen molar-refractivity contribution in [2.24, 2.45) is 0 Å². The van der Waals surface area contributed by atoms with E-state index >= 15 is 0 Å². The second-order valence-corrected chi connectivity index (χ2v) is 3.27. The van der Waals surface area contributed by atoms with Crippen LogP contribution in [0, 0.1) is 6.92 Å². The first-order valence-corrected chi connectivity index (χ1v) is 4.05. The number of hydrogen-bond acceptors (Lipinski definition) is 1. The maximum atomic E-state index is 4.22. The molecule has 0 radical (unpaired) electrons. The van der Waals surface area contributed by atoms with Gasteiger partial charge in [-0.1, -0.05) is 13.8 Å². The Kier molecular flexibility index (Phi) is 2.33. The van der Waals surface area contributed by atoms with E-state index in [4.69, 9.17) is 0 Å². The second kappa shape index (κ2) is 3.08. The standard InChI is InChI=1S/C9H14BN/c1-6(2)8-4-5-11-9(10)7(8)3/h4-6H,10H2,1-3H3.